The molecule has 1 aromatic rings. The fourth-order valence-electron chi connectivity index (χ4n) is 3.76. The third-order valence-electron chi connectivity index (χ3n) is 5.65. The van der Waals surface area contributed by atoms with Gasteiger partial charge in [-0.3, -0.25) is 19.2 Å². The summed E-state index contributed by atoms with van der Waals surface area (Å²) in [5, 5.41) is 18.8. The highest BCUT2D eigenvalue weighted by Crippen LogP contribution is 2.17. The van der Waals surface area contributed by atoms with Crippen LogP contribution in [0.4, 0.5) is 0 Å². The molecule has 1 aliphatic rings. The van der Waals surface area contributed by atoms with Crippen molar-refractivity contribution in [1.82, 2.24) is 16.0 Å². The first-order valence-electron chi connectivity index (χ1n) is 11.9. The maximum Gasteiger partial charge on any atom is 0.309 e. The Morgan fingerprint density at radius 3 is 2.33 bits per heavy atom. The van der Waals surface area contributed by atoms with Gasteiger partial charge in [0.25, 0.3) is 0 Å². The molecule has 1 fully saturated rings. The summed E-state index contributed by atoms with van der Waals surface area (Å²) in [4.78, 5) is 51.8. The van der Waals surface area contributed by atoms with Gasteiger partial charge >= 0.3 is 5.97 Å². The molecule has 1 saturated heterocycles. The van der Waals surface area contributed by atoms with E-state index in [1.165, 1.54) is 0 Å². The minimum Gasteiger partial charge on any atom is -0.457 e. The summed E-state index contributed by atoms with van der Waals surface area (Å²) >= 11 is 8.36. The molecular weight excluding hydrogens is 502 g/mol. The Kier molecular flexibility index (Phi) is 12.3. The topological polar surface area (TPSA) is 134 Å². The predicted octanol–water partition coefficient (Wildman–Crippen LogP) is 1.34. The monoisotopic (exact) mass is 537 g/mol. The lowest BCUT2D eigenvalue weighted by atomic mass is 9.96. The third-order valence-corrected chi connectivity index (χ3v) is 6.27. The van der Waals surface area contributed by atoms with Crippen LogP contribution in [0.15, 0.2) is 42.5 Å². The fraction of sp³-hybridized carbons (Fsp3) is 0.520. The second-order valence-electron chi connectivity index (χ2n) is 8.88. The van der Waals surface area contributed by atoms with Crippen LogP contribution in [-0.4, -0.2) is 64.6 Å². The van der Waals surface area contributed by atoms with E-state index in [4.69, 9.17) is 4.74 Å². The highest BCUT2D eigenvalue weighted by atomic mass is 32.1. The average Bonchev–Trinajstić information content (AvgIpc) is 2.83. The van der Waals surface area contributed by atoms with E-state index in [0.29, 0.717) is 17.7 Å². The van der Waals surface area contributed by atoms with Crippen molar-refractivity contribution in [3.63, 3.8) is 0 Å². The number of hydrogen-bond donors (Lipinski definition) is 6. The highest BCUT2D eigenvalue weighted by Gasteiger charge is 2.33. The number of allylic oxidation sites excluding steroid dienone is 1. The molecule has 0 spiro atoms. The van der Waals surface area contributed by atoms with Crippen LogP contribution >= 0.6 is 25.3 Å². The van der Waals surface area contributed by atoms with E-state index in [2.05, 4.69) is 41.2 Å². The Labute approximate surface area is 222 Å². The number of nitrogens with one attached hydrogen (secondary N) is 3. The fourth-order valence-corrected chi connectivity index (χ4v) is 4.16. The molecule has 3 amide bonds. The van der Waals surface area contributed by atoms with Gasteiger partial charge in [0, 0.05) is 5.75 Å². The standard InChI is InChI=1S/C25H35N3O6S2/c1-15(2)22-19(29)13-21(31)34-17(10-6-7-11-35)12-20(30)27-23(16-8-4-3-5-9-16)25(33)26-18(14-36)24(32)28-22/h3-6,8-10,15,17-19,22-23,29,35-36H,7,11-14H2,1-2H3,(H,26,33)(H,27,30)(H,28,32)/b10-6+/t17-,18-,19+,22-,23+/m1/s1. The van der Waals surface area contributed by atoms with Crippen LogP contribution in [0.1, 0.15) is 44.7 Å². The first-order valence-corrected chi connectivity index (χ1v) is 13.1. The predicted molar refractivity (Wildman–Crippen MR) is 143 cm³/mol. The summed E-state index contributed by atoms with van der Waals surface area (Å²) in [6.07, 6.45) is 1.17. The van der Waals surface area contributed by atoms with Crippen molar-refractivity contribution in [2.45, 2.75) is 63.4 Å². The first-order chi connectivity index (χ1) is 17.2. The van der Waals surface area contributed by atoms with Crippen LogP contribution in [0.5, 0.6) is 0 Å². The van der Waals surface area contributed by atoms with Gasteiger partial charge in [0.05, 0.1) is 25.0 Å². The molecule has 5 atom stereocenters. The van der Waals surface area contributed by atoms with Gasteiger partial charge in [-0.25, -0.2) is 0 Å². The largest absolute Gasteiger partial charge is 0.457 e. The van der Waals surface area contributed by atoms with Gasteiger partial charge in [-0.15, -0.1) is 0 Å². The normalized spacial score (nSPS) is 27.0. The van der Waals surface area contributed by atoms with Crippen LogP contribution in [0, 0.1) is 5.92 Å². The number of rotatable bonds is 6. The minimum atomic E-state index is -1.24. The number of ether oxygens (including phenoxy) is 1. The molecular formula is C25H35N3O6S2. The maximum atomic E-state index is 13.2. The van der Waals surface area contributed by atoms with Crippen molar-refractivity contribution in [1.29, 1.82) is 0 Å². The summed E-state index contributed by atoms with van der Waals surface area (Å²) in [7, 11) is 0. The van der Waals surface area contributed by atoms with Gasteiger partial charge in [-0.2, -0.15) is 25.3 Å². The van der Waals surface area contributed by atoms with Gasteiger partial charge in [0.15, 0.2) is 0 Å². The van der Waals surface area contributed by atoms with Crippen molar-refractivity contribution in [2.75, 3.05) is 11.5 Å². The van der Waals surface area contributed by atoms with Gasteiger partial charge in [-0.1, -0.05) is 50.3 Å². The van der Waals surface area contributed by atoms with Crippen LogP contribution in [0.25, 0.3) is 0 Å². The molecule has 0 unspecified atom stereocenters. The van der Waals surface area contributed by atoms with Crippen molar-refractivity contribution >= 4 is 48.9 Å². The molecule has 1 aromatic carbocycles. The van der Waals surface area contributed by atoms with E-state index in [1.54, 1.807) is 56.3 Å². The number of carbonyl (C=O) groups is 4. The first kappa shape index (κ1) is 29.7. The molecule has 0 aromatic heterocycles. The molecule has 0 aliphatic carbocycles. The molecule has 198 valence electrons. The number of aliphatic hydroxyl groups excluding tert-OH is 1. The number of amides is 3. The van der Waals surface area contributed by atoms with Gasteiger partial charge in [0.2, 0.25) is 17.7 Å². The third kappa shape index (κ3) is 9.18. The van der Waals surface area contributed by atoms with E-state index >= 15 is 0 Å². The number of aliphatic hydroxyl groups is 1. The molecule has 1 aliphatic heterocycles. The Morgan fingerprint density at radius 2 is 1.72 bits per heavy atom. The number of benzene rings is 1. The second kappa shape index (κ2) is 14.9. The van der Waals surface area contributed by atoms with E-state index in [1.807, 2.05) is 0 Å². The molecule has 0 bridgehead atoms. The lowest BCUT2D eigenvalue weighted by Gasteiger charge is -2.29. The zero-order valence-electron chi connectivity index (χ0n) is 20.4. The molecule has 9 nitrogen and oxygen atoms in total. The van der Waals surface area contributed by atoms with Crippen molar-refractivity contribution < 1.29 is 29.0 Å². The van der Waals surface area contributed by atoms with Crippen molar-refractivity contribution in [3.8, 4) is 0 Å². The summed E-state index contributed by atoms with van der Waals surface area (Å²) in [6, 6.07) is 5.69. The van der Waals surface area contributed by atoms with Gasteiger partial charge < -0.3 is 25.8 Å². The molecule has 36 heavy (non-hydrogen) atoms. The van der Waals surface area contributed by atoms with Crippen LogP contribution < -0.4 is 16.0 Å². The Bertz CT molecular complexity index is 928. The lowest BCUT2D eigenvalue weighted by molar-refractivity contribution is -0.151. The van der Waals surface area contributed by atoms with Crippen molar-refractivity contribution in [2.24, 2.45) is 5.92 Å². The Morgan fingerprint density at radius 1 is 1.03 bits per heavy atom. The van der Waals surface area contributed by atoms with Crippen molar-refractivity contribution in [3.05, 3.63) is 48.0 Å². The molecule has 4 N–H and O–H groups in total. The summed E-state index contributed by atoms with van der Waals surface area (Å²) in [5.41, 5.74) is 0.514. The van der Waals surface area contributed by atoms with Crippen LogP contribution in [-0.2, 0) is 23.9 Å². The van der Waals surface area contributed by atoms with Gasteiger partial charge in [-0.05, 0) is 29.7 Å². The zero-order valence-corrected chi connectivity index (χ0v) is 22.2. The van der Waals surface area contributed by atoms with Crippen LogP contribution in [0.2, 0.25) is 0 Å². The highest BCUT2D eigenvalue weighted by molar-refractivity contribution is 7.80. The molecule has 1 heterocycles. The van der Waals surface area contributed by atoms with E-state index < -0.39 is 54.0 Å². The summed E-state index contributed by atoms with van der Waals surface area (Å²) < 4.78 is 5.48. The van der Waals surface area contributed by atoms with E-state index in [-0.39, 0.29) is 24.5 Å². The maximum absolute atomic E-state index is 13.2. The average molecular weight is 538 g/mol. The second-order valence-corrected chi connectivity index (χ2v) is 9.69. The zero-order chi connectivity index (χ0) is 26.7. The SMILES string of the molecule is CC(C)[C@H]1NC(=O)[C@@H](CS)NC(=O)[C@H](c2ccccc2)NC(=O)C[C@@H](/C=C/CCS)OC(=O)C[C@@H]1O. The number of esters is 1. The summed E-state index contributed by atoms with van der Waals surface area (Å²) in [5.74, 6) is -2.09. The Hall–Kier alpha value is -2.50. The number of cyclic esters (lactones) is 1. The molecule has 0 radical (unpaired) electrons. The summed E-state index contributed by atoms with van der Waals surface area (Å²) in [6.45, 7) is 3.58. The van der Waals surface area contributed by atoms with E-state index in [9.17, 15) is 24.3 Å². The molecule has 0 saturated carbocycles. The van der Waals surface area contributed by atoms with Crippen LogP contribution in [0.3, 0.4) is 0 Å². The Balaban J connectivity index is 2.43. The van der Waals surface area contributed by atoms with Gasteiger partial charge in [0.1, 0.15) is 18.2 Å². The number of thiol groups is 2. The number of hydrogen-bond acceptors (Lipinski definition) is 8. The lowest BCUT2D eigenvalue weighted by Crippen LogP contribution is -2.56. The quantitative estimate of drug-likeness (QED) is 0.184. The molecule has 11 heteroatoms. The van der Waals surface area contributed by atoms with E-state index in [0.717, 1.165) is 0 Å². The molecule has 2 rings (SSSR count). The number of carbonyl (C=O) groups excluding carboxylic acids is 4. The smallest absolute Gasteiger partial charge is 0.309 e. The minimum absolute atomic E-state index is 0.0198.